The SMILES string of the molecule is CCNC(=NCc1ccc(C(N)=O)o1)N(C)Cc1cn(C)nc1C(C)C.I. The van der Waals surface area contributed by atoms with Crippen LogP contribution in [0.15, 0.2) is 27.7 Å². The van der Waals surface area contributed by atoms with Crippen LogP contribution in [-0.2, 0) is 20.1 Å². The molecule has 2 rings (SSSR count). The molecule has 0 radical (unpaired) electrons. The van der Waals surface area contributed by atoms with E-state index in [1.54, 1.807) is 12.1 Å². The highest BCUT2D eigenvalue weighted by Gasteiger charge is 2.15. The number of guanidine groups is 1. The van der Waals surface area contributed by atoms with Crippen LogP contribution in [-0.4, -0.2) is 40.1 Å². The molecule has 0 unspecified atom stereocenters. The number of hydrogen-bond acceptors (Lipinski definition) is 4. The Balaban J connectivity index is 0.00000364. The fourth-order valence-corrected chi connectivity index (χ4v) is 2.71. The highest BCUT2D eigenvalue weighted by molar-refractivity contribution is 14.0. The zero-order chi connectivity index (χ0) is 19.3. The Morgan fingerprint density at radius 2 is 2.15 bits per heavy atom. The topological polar surface area (TPSA) is 102 Å². The van der Waals surface area contributed by atoms with Gasteiger partial charge in [0.05, 0.1) is 5.69 Å². The molecule has 9 heteroatoms. The fourth-order valence-electron chi connectivity index (χ4n) is 2.71. The van der Waals surface area contributed by atoms with Gasteiger partial charge in [0.1, 0.15) is 12.3 Å². The van der Waals surface area contributed by atoms with Crippen LogP contribution >= 0.6 is 24.0 Å². The highest BCUT2D eigenvalue weighted by atomic mass is 127. The summed E-state index contributed by atoms with van der Waals surface area (Å²) >= 11 is 0. The number of nitrogens with zero attached hydrogens (tertiary/aromatic N) is 4. The van der Waals surface area contributed by atoms with Crippen LogP contribution in [0.1, 0.15) is 54.3 Å². The predicted molar refractivity (Wildman–Crippen MR) is 116 cm³/mol. The summed E-state index contributed by atoms with van der Waals surface area (Å²) in [6.07, 6.45) is 2.04. The first kappa shape index (κ1) is 23.0. The molecular weight excluding hydrogens is 459 g/mol. The largest absolute Gasteiger partial charge is 0.454 e. The summed E-state index contributed by atoms with van der Waals surface area (Å²) < 4.78 is 7.23. The average Bonchev–Trinajstić information content (AvgIpc) is 3.18. The van der Waals surface area contributed by atoms with E-state index in [0.717, 1.165) is 18.2 Å². The molecule has 2 aromatic rings. The van der Waals surface area contributed by atoms with Crippen LogP contribution < -0.4 is 11.1 Å². The van der Waals surface area contributed by atoms with Gasteiger partial charge in [0.25, 0.3) is 5.91 Å². The third kappa shape index (κ3) is 6.26. The number of furan rings is 1. The maximum atomic E-state index is 11.1. The van der Waals surface area contributed by atoms with Crippen molar-refractivity contribution < 1.29 is 9.21 Å². The fraction of sp³-hybridized carbons (Fsp3) is 0.500. The highest BCUT2D eigenvalue weighted by Crippen LogP contribution is 2.18. The second-order valence-corrected chi connectivity index (χ2v) is 6.52. The maximum Gasteiger partial charge on any atom is 0.284 e. The number of hydrogen-bond donors (Lipinski definition) is 2. The van der Waals surface area contributed by atoms with E-state index in [2.05, 4.69) is 29.3 Å². The molecule has 0 aliphatic rings. The number of aliphatic imine (C=N–C) groups is 1. The average molecular weight is 488 g/mol. The van der Waals surface area contributed by atoms with E-state index in [0.29, 0.717) is 24.8 Å². The molecule has 2 aromatic heterocycles. The number of aromatic nitrogens is 2. The van der Waals surface area contributed by atoms with E-state index in [9.17, 15) is 4.79 Å². The molecule has 0 aromatic carbocycles. The summed E-state index contributed by atoms with van der Waals surface area (Å²) in [4.78, 5) is 17.8. The number of carbonyl (C=O) groups excluding carboxylic acids is 1. The van der Waals surface area contributed by atoms with Crippen molar-refractivity contribution in [2.24, 2.45) is 17.8 Å². The first-order chi connectivity index (χ1) is 12.3. The van der Waals surface area contributed by atoms with Gasteiger partial charge in [-0.25, -0.2) is 4.99 Å². The van der Waals surface area contributed by atoms with Crippen molar-refractivity contribution in [3.63, 3.8) is 0 Å². The molecule has 0 aliphatic heterocycles. The van der Waals surface area contributed by atoms with Gasteiger partial charge in [-0.2, -0.15) is 5.10 Å². The molecule has 0 saturated carbocycles. The molecule has 2 heterocycles. The molecule has 0 spiro atoms. The van der Waals surface area contributed by atoms with Crippen LogP contribution in [0.4, 0.5) is 0 Å². The van der Waals surface area contributed by atoms with Gasteiger partial charge in [-0.1, -0.05) is 13.8 Å². The maximum absolute atomic E-state index is 11.1. The number of amides is 1. The molecule has 27 heavy (non-hydrogen) atoms. The smallest absolute Gasteiger partial charge is 0.284 e. The summed E-state index contributed by atoms with van der Waals surface area (Å²) in [5.74, 6) is 1.26. The molecule has 0 atom stereocenters. The Kier molecular flexibility index (Phi) is 8.80. The zero-order valence-corrected chi connectivity index (χ0v) is 18.9. The second kappa shape index (κ2) is 10.3. The van der Waals surface area contributed by atoms with Crippen molar-refractivity contribution in [1.29, 1.82) is 0 Å². The Hall–Kier alpha value is -2.04. The van der Waals surface area contributed by atoms with Gasteiger partial charge in [-0.05, 0) is 25.0 Å². The lowest BCUT2D eigenvalue weighted by molar-refractivity contribution is 0.0972. The van der Waals surface area contributed by atoms with Crippen molar-refractivity contribution in [2.45, 2.75) is 39.8 Å². The van der Waals surface area contributed by atoms with Crippen LogP contribution in [0, 0.1) is 0 Å². The molecule has 1 amide bonds. The Morgan fingerprint density at radius 1 is 1.44 bits per heavy atom. The lowest BCUT2D eigenvalue weighted by Crippen LogP contribution is -2.38. The van der Waals surface area contributed by atoms with E-state index >= 15 is 0 Å². The van der Waals surface area contributed by atoms with Crippen molar-refractivity contribution >= 4 is 35.8 Å². The van der Waals surface area contributed by atoms with Crippen LogP contribution in [0.2, 0.25) is 0 Å². The van der Waals surface area contributed by atoms with Crippen molar-refractivity contribution in [2.75, 3.05) is 13.6 Å². The standard InChI is InChI=1S/C18H28N6O2.HI/c1-6-20-18(21-9-14-7-8-15(26-14)17(19)25)23(4)10-13-11-24(5)22-16(13)12(2)3;/h7-8,11-12H,6,9-10H2,1-5H3,(H2,19,25)(H,20,21);1H. The number of carbonyl (C=O) groups is 1. The van der Waals surface area contributed by atoms with Gasteiger partial charge in [-0.3, -0.25) is 9.48 Å². The number of nitrogens with two attached hydrogens (primary N) is 1. The summed E-state index contributed by atoms with van der Waals surface area (Å²) in [6, 6.07) is 3.28. The van der Waals surface area contributed by atoms with Crippen LogP contribution in [0.5, 0.6) is 0 Å². The third-order valence-electron chi connectivity index (χ3n) is 3.88. The van der Waals surface area contributed by atoms with Crippen LogP contribution in [0.3, 0.4) is 0 Å². The number of rotatable bonds is 7. The normalized spacial score (nSPS) is 11.4. The van der Waals surface area contributed by atoms with Crippen molar-refractivity contribution in [3.8, 4) is 0 Å². The lowest BCUT2D eigenvalue weighted by atomic mass is 10.1. The first-order valence-corrected chi connectivity index (χ1v) is 8.72. The number of primary amides is 1. The van der Waals surface area contributed by atoms with E-state index in [4.69, 9.17) is 10.2 Å². The number of aryl methyl sites for hydroxylation is 1. The molecule has 3 N–H and O–H groups in total. The number of nitrogens with one attached hydrogen (secondary N) is 1. The predicted octanol–water partition coefficient (Wildman–Crippen LogP) is 2.45. The summed E-state index contributed by atoms with van der Waals surface area (Å²) in [6.45, 7) is 8.06. The van der Waals surface area contributed by atoms with Gasteiger partial charge >= 0.3 is 0 Å². The molecule has 0 saturated heterocycles. The molecule has 8 nitrogen and oxygen atoms in total. The molecular formula is C18H29IN6O2. The zero-order valence-electron chi connectivity index (χ0n) is 16.5. The monoisotopic (exact) mass is 488 g/mol. The van der Waals surface area contributed by atoms with Crippen LogP contribution in [0.25, 0.3) is 0 Å². The van der Waals surface area contributed by atoms with E-state index in [1.165, 1.54) is 5.56 Å². The lowest BCUT2D eigenvalue weighted by Gasteiger charge is -2.22. The van der Waals surface area contributed by atoms with Gasteiger partial charge in [0, 0.05) is 38.9 Å². The Morgan fingerprint density at radius 3 is 2.70 bits per heavy atom. The summed E-state index contributed by atoms with van der Waals surface area (Å²) in [7, 11) is 3.91. The van der Waals surface area contributed by atoms with E-state index in [1.807, 2.05) is 36.8 Å². The minimum absolute atomic E-state index is 0. The summed E-state index contributed by atoms with van der Waals surface area (Å²) in [5.41, 5.74) is 7.47. The van der Waals surface area contributed by atoms with Gasteiger partial charge in [0.2, 0.25) is 0 Å². The van der Waals surface area contributed by atoms with Crippen molar-refractivity contribution in [1.82, 2.24) is 20.0 Å². The quantitative estimate of drug-likeness (QED) is 0.354. The second-order valence-electron chi connectivity index (χ2n) is 6.52. The Bertz CT molecular complexity index is 781. The van der Waals surface area contributed by atoms with E-state index < -0.39 is 5.91 Å². The molecule has 0 aliphatic carbocycles. The van der Waals surface area contributed by atoms with Gasteiger partial charge in [-0.15, -0.1) is 24.0 Å². The Labute approximate surface area is 177 Å². The number of halogens is 1. The van der Waals surface area contributed by atoms with Gasteiger partial charge < -0.3 is 20.4 Å². The van der Waals surface area contributed by atoms with E-state index in [-0.39, 0.29) is 29.7 Å². The first-order valence-electron chi connectivity index (χ1n) is 8.72. The van der Waals surface area contributed by atoms with Crippen molar-refractivity contribution in [3.05, 3.63) is 41.1 Å². The minimum atomic E-state index is -0.581. The summed E-state index contributed by atoms with van der Waals surface area (Å²) in [5, 5.41) is 7.83. The minimum Gasteiger partial charge on any atom is -0.454 e. The molecule has 0 bridgehead atoms. The van der Waals surface area contributed by atoms with Gasteiger partial charge in [0.15, 0.2) is 11.7 Å². The molecule has 150 valence electrons. The third-order valence-corrected chi connectivity index (χ3v) is 3.88. The molecule has 0 fully saturated rings.